The van der Waals surface area contributed by atoms with Crippen molar-refractivity contribution >= 4 is 39.8 Å². The van der Waals surface area contributed by atoms with Gasteiger partial charge in [-0.15, -0.1) is 24.0 Å². The lowest BCUT2D eigenvalue weighted by Crippen LogP contribution is -2.49. The van der Waals surface area contributed by atoms with E-state index in [1.807, 2.05) is 6.92 Å². The monoisotopic (exact) mass is 486 g/mol. The van der Waals surface area contributed by atoms with Gasteiger partial charge in [0.05, 0.1) is 17.0 Å². The number of hydrogen-bond acceptors (Lipinski definition) is 4. The zero-order chi connectivity index (χ0) is 17.8. The van der Waals surface area contributed by atoms with Crippen LogP contribution in [0.25, 0.3) is 0 Å². The number of piperidine rings is 1. The van der Waals surface area contributed by atoms with Crippen LogP contribution in [0, 0.1) is 0 Å². The van der Waals surface area contributed by atoms with Crippen LogP contribution in [0.5, 0.6) is 0 Å². The van der Waals surface area contributed by atoms with E-state index >= 15 is 0 Å². The molecule has 1 saturated carbocycles. The molecule has 0 spiro atoms. The van der Waals surface area contributed by atoms with Crippen molar-refractivity contribution in [3.8, 4) is 0 Å². The van der Waals surface area contributed by atoms with Crippen molar-refractivity contribution in [2.75, 3.05) is 31.9 Å². The van der Waals surface area contributed by atoms with Gasteiger partial charge in [-0.2, -0.15) is 0 Å². The number of guanidine groups is 1. The molecule has 0 aromatic heterocycles. The molecule has 0 atom stereocenters. The normalized spacial score (nSPS) is 20.9. The number of sulfone groups is 1. The van der Waals surface area contributed by atoms with Gasteiger partial charge in [0, 0.05) is 31.7 Å². The third-order valence-electron chi connectivity index (χ3n) is 4.84. The van der Waals surface area contributed by atoms with Crippen LogP contribution < -0.4 is 10.6 Å². The van der Waals surface area contributed by atoms with Crippen molar-refractivity contribution in [1.29, 1.82) is 0 Å². The number of nitrogens with zero attached hydrogens (tertiary/aromatic N) is 2. The van der Waals surface area contributed by atoms with Gasteiger partial charge in [0.1, 0.15) is 0 Å². The third kappa shape index (κ3) is 7.21. The molecule has 2 rings (SSSR count). The number of likely N-dealkylation sites (tertiary alicyclic amines) is 1. The van der Waals surface area contributed by atoms with Crippen molar-refractivity contribution in [1.82, 2.24) is 15.5 Å². The fraction of sp³-hybridized carbons (Fsp3) is 0.941. The zero-order valence-corrected chi connectivity index (χ0v) is 19.2. The highest BCUT2D eigenvalue weighted by Gasteiger charge is 2.32. The Kier molecular flexibility index (Phi) is 8.93. The molecule has 0 aromatic rings. The molecule has 1 aliphatic carbocycles. The van der Waals surface area contributed by atoms with Gasteiger partial charge in [-0.3, -0.25) is 4.99 Å². The Labute approximate surface area is 170 Å². The van der Waals surface area contributed by atoms with Gasteiger partial charge < -0.3 is 15.5 Å². The number of nitrogens with one attached hydrogen (secondary N) is 2. The van der Waals surface area contributed by atoms with E-state index in [0.29, 0.717) is 12.6 Å². The minimum atomic E-state index is -3.12. The molecule has 2 fully saturated rings. The first-order chi connectivity index (χ1) is 11.2. The lowest BCUT2D eigenvalue weighted by molar-refractivity contribution is 0.197. The van der Waals surface area contributed by atoms with Gasteiger partial charge in [-0.25, -0.2) is 8.42 Å². The van der Waals surface area contributed by atoms with Gasteiger partial charge in [0.2, 0.25) is 0 Å². The van der Waals surface area contributed by atoms with Crippen LogP contribution in [0.4, 0.5) is 0 Å². The van der Waals surface area contributed by atoms with Gasteiger partial charge in [-0.05, 0) is 53.4 Å². The summed E-state index contributed by atoms with van der Waals surface area (Å²) in [5.41, 5.74) is 0. The molecular formula is C17H35IN4O2S. The van der Waals surface area contributed by atoms with Crippen molar-refractivity contribution in [3.63, 3.8) is 0 Å². The summed E-state index contributed by atoms with van der Waals surface area (Å²) in [4.78, 5) is 7.07. The Balaban J connectivity index is 0.00000312. The molecule has 0 unspecified atom stereocenters. The van der Waals surface area contributed by atoms with E-state index in [-0.39, 0.29) is 29.7 Å². The zero-order valence-electron chi connectivity index (χ0n) is 16.0. The summed E-state index contributed by atoms with van der Waals surface area (Å²) in [6.07, 6.45) is 4.98. The summed E-state index contributed by atoms with van der Waals surface area (Å²) in [6.45, 7) is 10.6. The molecule has 1 saturated heterocycles. The molecule has 25 heavy (non-hydrogen) atoms. The SMILES string of the molecule is CCNC(=NCCS(=O)(=O)C(C)(C)C)NC1CCN(C2CC2)CC1.I. The van der Waals surface area contributed by atoms with Gasteiger partial charge in [0.15, 0.2) is 15.8 Å². The summed E-state index contributed by atoms with van der Waals surface area (Å²) >= 11 is 0. The second kappa shape index (κ2) is 9.73. The molecule has 1 aliphatic heterocycles. The number of aliphatic imine (C=N–C) groups is 1. The largest absolute Gasteiger partial charge is 0.357 e. The molecule has 0 aromatic carbocycles. The lowest BCUT2D eigenvalue weighted by atomic mass is 10.1. The van der Waals surface area contributed by atoms with Crippen LogP contribution in [-0.4, -0.2) is 68.0 Å². The van der Waals surface area contributed by atoms with Crippen molar-refractivity contribution in [2.24, 2.45) is 4.99 Å². The first kappa shape index (κ1) is 23.0. The standard InChI is InChI=1S/C17H34N4O2S.HI/c1-5-18-16(19-10-13-24(22,23)17(2,3)4)20-14-8-11-21(12-9-14)15-6-7-15;/h14-15H,5-13H2,1-4H3,(H2,18,19,20);1H. The molecule has 148 valence electrons. The van der Waals surface area contributed by atoms with Gasteiger partial charge >= 0.3 is 0 Å². The minimum Gasteiger partial charge on any atom is -0.357 e. The van der Waals surface area contributed by atoms with Crippen molar-refractivity contribution in [3.05, 3.63) is 0 Å². The maximum Gasteiger partial charge on any atom is 0.191 e. The number of halogens is 1. The van der Waals surface area contributed by atoms with Gasteiger partial charge in [-0.1, -0.05) is 0 Å². The first-order valence-corrected chi connectivity index (χ1v) is 10.9. The van der Waals surface area contributed by atoms with E-state index < -0.39 is 14.6 Å². The molecule has 0 amide bonds. The highest BCUT2D eigenvalue weighted by molar-refractivity contribution is 14.0. The summed E-state index contributed by atoms with van der Waals surface area (Å²) in [5.74, 6) is 0.833. The number of rotatable bonds is 6. The Hall–Kier alpha value is -0.0900. The van der Waals surface area contributed by atoms with E-state index in [4.69, 9.17) is 0 Å². The summed E-state index contributed by atoms with van der Waals surface area (Å²) in [6, 6.07) is 1.27. The molecule has 8 heteroatoms. The molecule has 2 N–H and O–H groups in total. The molecular weight excluding hydrogens is 451 g/mol. The van der Waals surface area contributed by atoms with E-state index in [0.717, 1.165) is 44.5 Å². The molecule has 0 radical (unpaired) electrons. The fourth-order valence-electron chi connectivity index (χ4n) is 2.95. The van der Waals surface area contributed by atoms with Crippen molar-refractivity contribution in [2.45, 2.75) is 70.2 Å². The quantitative estimate of drug-likeness (QED) is 0.342. The van der Waals surface area contributed by atoms with E-state index in [1.54, 1.807) is 20.8 Å². The van der Waals surface area contributed by atoms with Crippen LogP contribution in [-0.2, 0) is 9.84 Å². The Morgan fingerprint density at radius 3 is 2.24 bits per heavy atom. The average molecular weight is 486 g/mol. The average Bonchev–Trinajstić information content (AvgIpc) is 3.31. The first-order valence-electron chi connectivity index (χ1n) is 9.24. The predicted molar refractivity (Wildman–Crippen MR) is 116 cm³/mol. The Morgan fingerprint density at radius 2 is 1.76 bits per heavy atom. The maximum atomic E-state index is 12.2. The van der Waals surface area contributed by atoms with Crippen LogP contribution in [0.1, 0.15) is 53.4 Å². The van der Waals surface area contributed by atoms with Crippen LogP contribution in [0.15, 0.2) is 4.99 Å². The molecule has 1 heterocycles. The smallest absolute Gasteiger partial charge is 0.191 e. The molecule has 2 aliphatic rings. The van der Waals surface area contributed by atoms with E-state index in [9.17, 15) is 8.42 Å². The van der Waals surface area contributed by atoms with Crippen LogP contribution in [0.2, 0.25) is 0 Å². The second-order valence-corrected chi connectivity index (χ2v) is 10.7. The fourth-order valence-corrected chi connectivity index (χ4v) is 3.89. The lowest BCUT2D eigenvalue weighted by Gasteiger charge is -2.33. The van der Waals surface area contributed by atoms with E-state index in [1.165, 1.54) is 12.8 Å². The highest BCUT2D eigenvalue weighted by Crippen LogP contribution is 2.29. The van der Waals surface area contributed by atoms with Gasteiger partial charge in [0.25, 0.3) is 0 Å². The third-order valence-corrected chi connectivity index (χ3v) is 7.43. The summed E-state index contributed by atoms with van der Waals surface area (Å²) in [5, 5.41) is 6.71. The maximum absolute atomic E-state index is 12.2. The van der Waals surface area contributed by atoms with Crippen LogP contribution in [0.3, 0.4) is 0 Å². The highest BCUT2D eigenvalue weighted by atomic mass is 127. The van der Waals surface area contributed by atoms with Crippen LogP contribution >= 0.6 is 24.0 Å². The van der Waals surface area contributed by atoms with E-state index in [2.05, 4.69) is 20.5 Å². The second-order valence-electron chi connectivity index (χ2n) is 7.88. The summed E-state index contributed by atoms with van der Waals surface area (Å²) < 4.78 is 23.6. The Bertz CT molecular complexity index is 533. The molecule has 0 bridgehead atoms. The summed E-state index contributed by atoms with van der Waals surface area (Å²) in [7, 11) is -3.12. The molecule has 6 nitrogen and oxygen atoms in total. The number of hydrogen-bond donors (Lipinski definition) is 2. The Morgan fingerprint density at radius 1 is 1.16 bits per heavy atom. The minimum absolute atomic E-state index is 0. The predicted octanol–water partition coefficient (Wildman–Crippen LogP) is 2.00. The van der Waals surface area contributed by atoms with Crippen molar-refractivity contribution < 1.29 is 8.42 Å². The topological polar surface area (TPSA) is 73.8 Å².